The van der Waals surface area contributed by atoms with Crippen molar-refractivity contribution >= 4 is 16.9 Å². The second kappa shape index (κ2) is 6.63. The molecule has 1 saturated heterocycles. The molecule has 6 heteroatoms. The number of hydrogen-bond donors (Lipinski definition) is 0. The first-order chi connectivity index (χ1) is 11.5. The van der Waals surface area contributed by atoms with Gasteiger partial charge in [-0.2, -0.15) is 0 Å². The SMILES string of the molecule is CCn1c(=O)c(=O)n(CC(=O)N2CCCC(C)C2)c2ccccc21. The molecule has 24 heavy (non-hydrogen) atoms. The number of fused-ring (bicyclic) bond motifs is 1. The summed E-state index contributed by atoms with van der Waals surface area (Å²) in [5, 5.41) is 0. The van der Waals surface area contributed by atoms with Crippen LogP contribution in [0.3, 0.4) is 0 Å². The van der Waals surface area contributed by atoms with Gasteiger partial charge in [-0.1, -0.05) is 19.1 Å². The number of rotatable bonds is 3. The van der Waals surface area contributed by atoms with E-state index in [1.165, 1.54) is 9.13 Å². The molecule has 0 radical (unpaired) electrons. The van der Waals surface area contributed by atoms with Crippen LogP contribution in [0.25, 0.3) is 11.0 Å². The van der Waals surface area contributed by atoms with E-state index in [0.29, 0.717) is 23.5 Å². The highest BCUT2D eigenvalue weighted by Crippen LogP contribution is 2.16. The molecule has 0 N–H and O–H groups in total. The highest BCUT2D eigenvalue weighted by atomic mass is 16.2. The van der Waals surface area contributed by atoms with E-state index in [1.807, 2.05) is 25.1 Å². The quantitative estimate of drug-likeness (QED) is 0.801. The lowest BCUT2D eigenvalue weighted by Gasteiger charge is -2.31. The Kier molecular flexibility index (Phi) is 4.55. The maximum atomic E-state index is 12.6. The molecule has 0 bridgehead atoms. The number of aryl methyl sites for hydroxylation is 1. The number of aromatic nitrogens is 2. The first-order valence-electron chi connectivity index (χ1n) is 8.53. The van der Waals surface area contributed by atoms with Crippen molar-refractivity contribution in [3.63, 3.8) is 0 Å². The lowest BCUT2D eigenvalue weighted by atomic mass is 10.0. The first-order valence-corrected chi connectivity index (χ1v) is 8.53. The molecule has 1 atom stereocenters. The third-order valence-corrected chi connectivity index (χ3v) is 4.76. The number of hydrogen-bond acceptors (Lipinski definition) is 3. The monoisotopic (exact) mass is 329 g/mol. The summed E-state index contributed by atoms with van der Waals surface area (Å²) >= 11 is 0. The van der Waals surface area contributed by atoms with Gasteiger partial charge in [0.25, 0.3) is 0 Å². The van der Waals surface area contributed by atoms with E-state index >= 15 is 0 Å². The molecule has 6 nitrogen and oxygen atoms in total. The van der Waals surface area contributed by atoms with Crippen molar-refractivity contribution in [2.75, 3.05) is 13.1 Å². The zero-order valence-corrected chi connectivity index (χ0v) is 14.2. The lowest BCUT2D eigenvalue weighted by molar-refractivity contribution is -0.133. The van der Waals surface area contributed by atoms with Gasteiger partial charge in [0.1, 0.15) is 6.54 Å². The zero-order chi connectivity index (χ0) is 17.3. The normalized spacial score (nSPS) is 18.1. The Bertz CT molecular complexity index is 881. The number of likely N-dealkylation sites (tertiary alicyclic amines) is 1. The molecule has 1 aliphatic heterocycles. The first kappa shape index (κ1) is 16.5. The minimum absolute atomic E-state index is 0.0775. The summed E-state index contributed by atoms with van der Waals surface area (Å²) in [5.41, 5.74) is 0.108. The van der Waals surface area contributed by atoms with Crippen LogP contribution >= 0.6 is 0 Å². The van der Waals surface area contributed by atoms with Gasteiger partial charge < -0.3 is 9.47 Å². The minimum atomic E-state index is -0.631. The van der Waals surface area contributed by atoms with E-state index < -0.39 is 11.1 Å². The van der Waals surface area contributed by atoms with Gasteiger partial charge in [-0.25, -0.2) is 0 Å². The molecule has 1 aliphatic rings. The van der Waals surface area contributed by atoms with Crippen molar-refractivity contribution in [3.8, 4) is 0 Å². The maximum absolute atomic E-state index is 12.6. The Morgan fingerprint density at radius 2 is 1.75 bits per heavy atom. The van der Waals surface area contributed by atoms with Crippen LogP contribution in [-0.2, 0) is 17.9 Å². The van der Waals surface area contributed by atoms with Crippen molar-refractivity contribution in [3.05, 3.63) is 45.0 Å². The molecule has 1 unspecified atom stereocenters. The fraction of sp³-hybridized carbons (Fsp3) is 0.500. The average Bonchev–Trinajstić information content (AvgIpc) is 2.59. The summed E-state index contributed by atoms with van der Waals surface area (Å²) in [6.45, 7) is 5.75. The molecular weight excluding hydrogens is 306 g/mol. The van der Waals surface area contributed by atoms with Gasteiger partial charge in [0.15, 0.2) is 0 Å². The smallest absolute Gasteiger partial charge is 0.317 e. The molecule has 0 aliphatic carbocycles. The van der Waals surface area contributed by atoms with Crippen LogP contribution in [0, 0.1) is 5.92 Å². The molecule has 0 spiro atoms. The van der Waals surface area contributed by atoms with Gasteiger partial charge >= 0.3 is 11.1 Å². The summed E-state index contributed by atoms with van der Waals surface area (Å²) in [5.74, 6) is 0.381. The molecular formula is C18H23N3O3. The van der Waals surface area contributed by atoms with E-state index in [0.717, 1.165) is 25.9 Å². The molecule has 128 valence electrons. The van der Waals surface area contributed by atoms with Crippen molar-refractivity contribution < 1.29 is 4.79 Å². The highest BCUT2D eigenvalue weighted by Gasteiger charge is 2.22. The van der Waals surface area contributed by atoms with Gasteiger partial charge in [-0.3, -0.25) is 19.0 Å². The topological polar surface area (TPSA) is 64.3 Å². The van der Waals surface area contributed by atoms with Crippen LogP contribution < -0.4 is 11.1 Å². The van der Waals surface area contributed by atoms with Gasteiger partial charge in [-0.05, 0) is 37.8 Å². The third kappa shape index (κ3) is 2.88. The third-order valence-electron chi connectivity index (χ3n) is 4.76. The van der Waals surface area contributed by atoms with Crippen LogP contribution in [-0.4, -0.2) is 33.0 Å². The van der Waals surface area contributed by atoms with Gasteiger partial charge in [0.2, 0.25) is 5.91 Å². The van der Waals surface area contributed by atoms with Gasteiger partial charge in [0.05, 0.1) is 11.0 Å². The molecule has 1 amide bonds. The highest BCUT2D eigenvalue weighted by molar-refractivity contribution is 5.80. The van der Waals surface area contributed by atoms with Crippen molar-refractivity contribution in [2.45, 2.75) is 39.8 Å². The Morgan fingerprint density at radius 3 is 2.38 bits per heavy atom. The number of amides is 1. The second-order valence-electron chi connectivity index (χ2n) is 6.52. The Balaban J connectivity index is 2.04. The lowest BCUT2D eigenvalue weighted by Crippen LogP contribution is -2.46. The fourth-order valence-electron chi connectivity index (χ4n) is 3.49. The molecule has 2 heterocycles. The number of carbonyl (C=O) groups excluding carboxylic acids is 1. The van der Waals surface area contributed by atoms with Gasteiger partial charge in [0, 0.05) is 19.6 Å². The maximum Gasteiger partial charge on any atom is 0.317 e. The predicted molar refractivity (Wildman–Crippen MR) is 93.1 cm³/mol. The zero-order valence-electron chi connectivity index (χ0n) is 14.2. The van der Waals surface area contributed by atoms with Crippen molar-refractivity contribution in [2.24, 2.45) is 5.92 Å². The summed E-state index contributed by atoms with van der Waals surface area (Å²) < 4.78 is 2.78. The number of para-hydroxylation sites is 2. The van der Waals surface area contributed by atoms with E-state index in [-0.39, 0.29) is 12.5 Å². The van der Waals surface area contributed by atoms with Crippen molar-refractivity contribution in [1.82, 2.24) is 14.0 Å². The predicted octanol–water partition coefficient (Wildman–Crippen LogP) is 1.44. The molecule has 2 aromatic rings. The van der Waals surface area contributed by atoms with Crippen LogP contribution in [0.1, 0.15) is 26.7 Å². The number of carbonyl (C=O) groups is 1. The summed E-state index contributed by atoms with van der Waals surface area (Å²) in [4.78, 5) is 39.3. The minimum Gasteiger partial charge on any atom is -0.341 e. The molecule has 1 fully saturated rings. The average molecular weight is 329 g/mol. The summed E-state index contributed by atoms with van der Waals surface area (Å²) in [7, 11) is 0. The Morgan fingerprint density at radius 1 is 1.12 bits per heavy atom. The van der Waals surface area contributed by atoms with Crippen LogP contribution in [0.2, 0.25) is 0 Å². The number of nitrogens with zero attached hydrogens (tertiary/aromatic N) is 3. The molecule has 0 saturated carbocycles. The largest absolute Gasteiger partial charge is 0.341 e. The van der Waals surface area contributed by atoms with E-state index in [4.69, 9.17) is 0 Å². The number of benzene rings is 1. The van der Waals surface area contributed by atoms with Crippen molar-refractivity contribution in [1.29, 1.82) is 0 Å². The van der Waals surface area contributed by atoms with Crippen LogP contribution in [0.15, 0.2) is 33.9 Å². The summed E-state index contributed by atoms with van der Waals surface area (Å²) in [6, 6.07) is 7.24. The van der Waals surface area contributed by atoms with Crippen LogP contribution in [0.4, 0.5) is 0 Å². The Labute approximate surface area is 140 Å². The standard InChI is InChI=1S/C18H23N3O3/c1-3-20-14-8-4-5-9-15(14)21(18(24)17(20)23)12-16(22)19-10-6-7-13(2)11-19/h4-5,8-9,13H,3,6-7,10-12H2,1-2H3. The summed E-state index contributed by atoms with van der Waals surface area (Å²) in [6.07, 6.45) is 2.11. The second-order valence-corrected chi connectivity index (χ2v) is 6.52. The van der Waals surface area contributed by atoms with E-state index in [2.05, 4.69) is 6.92 Å². The molecule has 1 aromatic carbocycles. The molecule has 1 aromatic heterocycles. The fourth-order valence-corrected chi connectivity index (χ4v) is 3.49. The number of piperidine rings is 1. The van der Waals surface area contributed by atoms with E-state index in [9.17, 15) is 14.4 Å². The molecule has 3 rings (SSSR count). The van der Waals surface area contributed by atoms with E-state index in [1.54, 1.807) is 11.0 Å². The van der Waals surface area contributed by atoms with Gasteiger partial charge in [-0.15, -0.1) is 0 Å². The van der Waals surface area contributed by atoms with Crippen LogP contribution in [0.5, 0.6) is 0 Å². The Hall–Kier alpha value is -2.37.